The van der Waals surface area contributed by atoms with E-state index < -0.39 is 0 Å². The summed E-state index contributed by atoms with van der Waals surface area (Å²) in [6.07, 6.45) is 4.21. The lowest BCUT2D eigenvalue weighted by atomic mass is 10.2. The molecule has 7 heteroatoms. The zero-order chi connectivity index (χ0) is 14.0. The van der Waals surface area contributed by atoms with E-state index in [1.54, 1.807) is 7.05 Å². The Bertz CT molecular complexity index is 698. The highest BCUT2D eigenvalue weighted by Gasteiger charge is 2.15. The van der Waals surface area contributed by atoms with Gasteiger partial charge in [-0.05, 0) is 18.0 Å². The molecule has 0 bridgehead atoms. The van der Waals surface area contributed by atoms with Gasteiger partial charge >= 0.3 is 5.69 Å². The number of aromatic amines is 1. The van der Waals surface area contributed by atoms with E-state index >= 15 is 0 Å². The summed E-state index contributed by atoms with van der Waals surface area (Å²) < 4.78 is 2.84. The van der Waals surface area contributed by atoms with E-state index in [1.165, 1.54) is 9.13 Å². The molecule has 0 amide bonds. The minimum absolute atomic E-state index is 0.00501. The topological polar surface area (TPSA) is 72.7 Å². The zero-order valence-corrected chi connectivity index (χ0v) is 11.8. The second-order valence-corrected chi connectivity index (χ2v) is 4.94. The number of imidazole rings is 1. The Labute approximate surface area is 115 Å². The number of aryl methyl sites for hydroxylation is 2. The summed E-state index contributed by atoms with van der Waals surface area (Å²) >= 11 is 5.75. The molecule has 0 saturated heterocycles. The van der Waals surface area contributed by atoms with Gasteiger partial charge in [-0.15, -0.1) is 0 Å². The van der Waals surface area contributed by atoms with Gasteiger partial charge in [-0.25, -0.2) is 4.79 Å². The van der Waals surface area contributed by atoms with Crippen LogP contribution in [-0.2, 0) is 13.6 Å². The summed E-state index contributed by atoms with van der Waals surface area (Å²) in [6.45, 7) is 2.69. The standard InChI is InChI=1S/C12H17ClN4O2/c1-3-4-5-6-7-17-9-8(16(2)12(17)19)10(18)15-11(13)14-9/h3-7H2,1-2H3,(H,14,15,18). The molecule has 0 spiro atoms. The lowest BCUT2D eigenvalue weighted by molar-refractivity contribution is 0.571. The van der Waals surface area contributed by atoms with E-state index in [-0.39, 0.29) is 22.0 Å². The fraction of sp³-hybridized carbons (Fsp3) is 0.583. The lowest BCUT2D eigenvalue weighted by Gasteiger charge is -2.02. The van der Waals surface area contributed by atoms with E-state index in [2.05, 4.69) is 16.9 Å². The third-order valence-electron chi connectivity index (χ3n) is 3.19. The minimum Gasteiger partial charge on any atom is -0.295 e. The van der Waals surface area contributed by atoms with Gasteiger partial charge in [0.15, 0.2) is 11.2 Å². The highest BCUT2D eigenvalue weighted by molar-refractivity contribution is 6.28. The van der Waals surface area contributed by atoms with Crippen LogP contribution >= 0.6 is 11.6 Å². The molecule has 0 aliphatic heterocycles. The SMILES string of the molecule is CCCCCCn1c(=O)n(C)c2c(=O)[nH]c(Cl)nc21. The molecule has 2 aromatic heterocycles. The molecule has 0 unspecified atom stereocenters. The number of nitrogens with zero attached hydrogens (tertiary/aromatic N) is 3. The maximum atomic E-state index is 12.1. The fourth-order valence-corrected chi connectivity index (χ4v) is 2.35. The first-order valence-corrected chi connectivity index (χ1v) is 6.79. The maximum absolute atomic E-state index is 12.1. The largest absolute Gasteiger partial charge is 0.330 e. The van der Waals surface area contributed by atoms with Crippen molar-refractivity contribution in [1.82, 2.24) is 19.1 Å². The molecule has 0 saturated carbocycles. The molecule has 2 aromatic rings. The van der Waals surface area contributed by atoms with E-state index in [0.29, 0.717) is 12.2 Å². The van der Waals surface area contributed by atoms with Gasteiger partial charge in [0.2, 0.25) is 5.28 Å². The average molecular weight is 285 g/mol. The van der Waals surface area contributed by atoms with Crippen molar-refractivity contribution >= 4 is 22.8 Å². The second kappa shape index (κ2) is 5.61. The molecule has 0 radical (unpaired) electrons. The van der Waals surface area contributed by atoms with Gasteiger partial charge in [0.1, 0.15) is 0 Å². The van der Waals surface area contributed by atoms with E-state index in [1.807, 2.05) is 0 Å². The van der Waals surface area contributed by atoms with Crippen molar-refractivity contribution in [3.63, 3.8) is 0 Å². The van der Waals surface area contributed by atoms with Gasteiger partial charge in [-0.1, -0.05) is 26.2 Å². The van der Waals surface area contributed by atoms with Crippen LogP contribution in [0.15, 0.2) is 9.59 Å². The Hall–Kier alpha value is -1.56. The van der Waals surface area contributed by atoms with Crippen molar-refractivity contribution in [2.24, 2.45) is 7.05 Å². The van der Waals surface area contributed by atoms with Crippen molar-refractivity contribution in [2.75, 3.05) is 0 Å². The number of unbranched alkanes of at least 4 members (excludes halogenated alkanes) is 3. The molecule has 104 valence electrons. The van der Waals surface area contributed by atoms with Crippen molar-refractivity contribution in [2.45, 2.75) is 39.2 Å². The molecule has 0 aromatic carbocycles. The molecule has 2 heterocycles. The van der Waals surface area contributed by atoms with Crippen LogP contribution in [0.25, 0.3) is 11.2 Å². The number of fused-ring (bicyclic) bond motifs is 1. The van der Waals surface area contributed by atoms with Crippen LogP contribution in [0.3, 0.4) is 0 Å². The first kappa shape index (κ1) is 13.9. The monoisotopic (exact) mass is 284 g/mol. The van der Waals surface area contributed by atoms with Crippen molar-refractivity contribution in [3.8, 4) is 0 Å². The number of nitrogens with one attached hydrogen (secondary N) is 1. The van der Waals surface area contributed by atoms with Gasteiger partial charge in [0.05, 0.1) is 0 Å². The quantitative estimate of drug-likeness (QED) is 0.670. The normalized spacial score (nSPS) is 11.3. The van der Waals surface area contributed by atoms with Crippen molar-refractivity contribution in [1.29, 1.82) is 0 Å². The summed E-state index contributed by atoms with van der Waals surface area (Å²) in [5.41, 5.74) is 0.0105. The van der Waals surface area contributed by atoms with Gasteiger partial charge in [0, 0.05) is 13.6 Å². The van der Waals surface area contributed by atoms with Gasteiger partial charge in [0.25, 0.3) is 5.56 Å². The van der Waals surface area contributed by atoms with E-state index in [9.17, 15) is 9.59 Å². The van der Waals surface area contributed by atoms with Gasteiger partial charge in [-0.3, -0.25) is 18.9 Å². The average Bonchev–Trinajstić information content (AvgIpc) is 2.59. The molecule has 0 aliphatic rings. The smallest absolute Gasteiger partial charge is 0.295 e. The molecule has 2 rings (SSSR count). The molecule has 0 fully saturated rings. The molecular formula is C12H17ClN4O2. The first-order chi connectivity index (χ1) is 9.06. The van der Waals surface area contributed by atoms with Crippen LogP contribution in [0.2, 0.25) is 5.28 Å². The third-order valence-corrected chi connectivity index (χ3v) is 3.37. The van der Waals surface area contributed by atoms with Crippen LogP contribution in [0, 0.1) is 0 Å². The molecule has 6 nitrogen and oxygen atoms in total. The van der Waals surface area contributed by atoms with E-state index in [4.69, 9.17) is 11.6 Å². The summed E-state index contributed by atoms with van der Waals surface area (Å²) in [6, 6.07) is 0. The number of aromatic nitrogens is 4. The van der Waals surface area contributed by atoms with Gasteiger partial charge < -0.3 is 0 Å². The van der Waals surface area contributed by atoms with Gasteiger partial charge in [-0.2, -0.15) is 4.98 Å². The third kappa shape index (κ3) is 2.58. The number of rotatable bonds is 5. The second-order valence-electron chi connectivity index (χ2n) is 4.58. The number of halogens is 1. The van der Waals surface area contributed by atoms with Crippen LogP contribution in [0.4, 0.5) is 0 Å². The summed E-state index contributed by atoms with van der Waals surface area (Å²) in [5, 5.41) is 0.00501. The summed E-state index contributed by atoms with van der Waals surface area (Å²) in [5.74, 6) is 0. The van der Waals surface area contributed by atoms with E-state index in [0.717, 1.165) is 25.7 Å². The number of hydrogen-bond donors (Lipinski definition) is 1. The Morgan fingerprint density at radius 1 is 1.26 bits per heavy atom. The molecule has 0 aliphatic carbocycles. The van der Waals surface area contributed by atoms with Crippen LogP contribution in [0.1, 0.15) is 32.6 Å². The highest BCUT2D eigenvalue weighted by Crippen LogP contribution is 2.09. The zero-order valence-electron chi connectivity index (χ0n) is 11.1. The summed E-state index contributed by atoms with van der Waals surface area (Å²) in [7, 11) is 1.57. The Morgan fingerprint density at radius 3 is 2.68 bits per heavy atom. The Morgan fingerprint density at radius 2 is 2.00 bits per heavy atom. The first-order valence-electron chi connectivity index (χ1n) is 6.41. The van der Waals surface area contributed by atoms with Crippen LogP contribution in [-0.4, -0.2) is 19.1 Å². The molecule has 0 atom stereocenters. The predicted octanol–water partition coefficient (Wildman–Crippen LogP) is 1.66. The van der Waals surface area contributed by atoms with Crippen molar-refractivity contribution < 1.29 is 0 Å². The molecular weight excluding hydrogens is 268 g/mol. The van der Waals surface area contributed by atoms with Crippen molar-refractivity contribution in [3.05, 3.63) is 26.1 Å². The number of hydrogen-bond acceptors (Lipinski definition) is 3. The van der Waals surface area contributed by atoms with Crippen LogP contribution in [0.5, 0.6) is 0 Å². The van der Waals surface area contributed by atoms with Crippen LogP contribution < -0.4 is 11.2 Å². The highest BCUT2D eigenvalue weighted by atomic mass is 35.5. The summed E-state index contributed by atoms with van der Waals surface area (Å²) in [4.78, 5) is 30.4. The fourth-order valence-electron chi connectivity index (χ4n) is 2.18. The minimum atomic E-state index is -0.387. The number of H-pyrrole nitrogens is 1. The Balaban J connectivity index is 2.46. The Kier molecular flexibility index (Phi) is 4.09. The molecule has 1 N–H and O–H groups in total. The predicted molar refractivity (Wildman–Crippen MR) is 74.7 cm³/mol. The molecule has 19 heavy (non-hydrogen) atoms. The lowest BCUT2D eigenvalue weighted by Crippen LogP contribution is -2.23. The maximum Gasteiger partial charge on any atom is 0.330 e.